The Balaban J connectivity index is 1.77. The molecule has 0 unspecified atom stereocenters. The molecule has 1 N–H and O–H groups in total. The predicted molar refractivity (Wildman–Crippen MR) is 107 cm³/mol. The zero-order chi connectivity index (χ0) is 22.4. The number of alkyl halides is 3. The minimum absolute atomic E-state index is 0.115. The highest BCUT2D eigenvalue weighted by Gasteiger charge is 2.42. The lowest BCUT2D eigenvalue weighted by atomic mass is 10.2. The van der Waals surface area contributed by atoms with Crippen LogP contribution in [0.1, 0.15) is 23.2 Å². The summed E-state index contributed by atoms with van der Waals surface area (Å²) in [5.74, 6) is -2.49. The van der Waals surface area contributed by atoms with Crippen LogP contribution in [-0.2, 0) is 10.9 Å². The Hall–Kier alpha value is -3.47. The number of nitrogens with one attached hydrogen (secondary N) is 1. The number of hydrogen-bond acceptors (Lipinski definition) is 7. The molecule has 0 aliphatic heterocycles. The van der Waals surface area contributed by atoms with Crippen molar-refractivity contribution < 1.29 is 27.1 Å². The molecule has 2 aromatic heterocycles. The van der Waals surface area contributed by atoms with Crippen molar-refractivity contribution in [3.63, 3.8) is 0 Å². The molecule has 31 heavy (non-hydrogen) atoms. The van der Waals surface area contributed by atoms with Crippen LogP contribution < -0.4 is 10.2 Å². The van der Waals surface area contributed by atoms with E-state index >= 15 is 0 Å². The largest absolute Gasteiger partial charge is 0.452 e. The maximum absolute atomic E-state index is 13.4. The van der Waals surface area contributed by atoms with E-state index in [2.05, 4.69) is 20.3 Å². The molecule has 1 aromatic carbocycles. The van der Waals surface area contributed by atoms with Gasteiger partial charge in [-0.1, -0.05) is 18.2 Å². The van der Waals surface area contributed by atoms with Gasteiger partial charge in [0, 0.05) is 25.8 Å². The Morgan fingerprint density at radius 2 is 1.87 bits per heavy atom. The molecule has 3 rings (SSSR count). The van der Waals surface area contributed by atoms with Gasteiger partial charge in [-0.25, -0.2) is 15.0 Å². The van der Waals surface area contributed by atoms with Crippen LogP contribution in [-0.4, -0.2) is 47.7 Å². The van der Waals surface area contributed by atoms with Crippen LogP contribution in [0.3, 0.4) is 0 Å². The Kier molecular flexibility index (Phi) is 6.85. The first-order valence-electron chi connectivity index (χ1n) is 9.35. The number of nitrogens with zero attached hydrogens (tertiary/aromatic N) is 4. The van der Waals surface area contributed by atoms with Crippen molar-refractivity contribution in [3.05, 3.63) is 54.2 Å². The zero-order valence-corrected chi connectivity index (χ0v) is 16.8. The Bertz CT molecular complexity index is 1010. The van der Waals surface area contributed by atoms with Gasteiger partial charge >= 0.3 is 6.18 Å². The number of amides is 1. The van der Waals surface area contributed by atoms with E-state index in [4.69, 9.17) is 9.15 Å². The van der Waals surface area contributed by atoms with Gasteiger partial charge < -0.3 is 19.4 Å². The quantitative estimate of drug-likeness (QED) is 0.537. The summed E-state index contributed by atoms with van der Waals surface area (Å²) >= 11 is 0. The summed E-state index contributed by atoms with van der Waals surface area (Å²) in [6, 6.07) is 8.00. The highest BCUT2D eigenvalue weighted by molar-refractivity contribution is 6.03. The van der Waals surface area contributed by atoms with Crippen LogP contribution >= 0.6 is 0 Å². The van der Waals surface area contributed by atoms with E-state index in [9.17, 15) is 18.0 Å². The molecule has 0 fully saturated rings. The predicted octanol–water partition coefficient (Wildman–Crippen LogP) is 3.88. The molecule has 164 valence electrons. The molecule has 0 saturated carbocycles. The van der Waals surface area contributed by atoms with Crippen LogP contribution in [0.15, 0.2) is 47.1 Å². The van der Waals surface area contributed by atoms with Crippen LogP contribution in [0.25, 0.3) is 11.5 Å². The average Bonchev–Trinajstić information content (AvgIpc) is 3.21. The standard InChI is InChI=1S/C20H20F3N5O3/c1-3-30-10-9-28(2)19-24-11-14(12-25-19)26-17(29)15-16(20(21,22)23)31-18(27-15)13-7-5-4-6-8-13/h4-8,11-12H,3,9-10H2,1-2H3,(H,26,29). The fourth-order valence-electron chi connectivity index (χ4n) is 2.59. The van der Waals surface area contributed by atoms with Crippen LogP contribution in [0, 0.1) is 0 Å². The minimum Gasteiger partial charge on any atom is -0.431 e. The van der Waals surface area contributed by atoms with Gasteiger partial charge in [-0.05, 0) is 19.1 Å². The maximum atomic E-state index is 13.4. The summed E-state index contributed by atoms with van der Waals surface area (Å²) in [5, 5.41) is 2.32. The second-order valence-electron chi connectivity index (χ2n) is 6.40. The van der Waals surface area contributed by atoms with E-state index in [0.29, 0.717) is 31.3 Å². The molecule has 8 nitrogen and oxygen atoms in total. The van der Waals surface area contributed by atoms with Gasteiger partial charge in [0.15, 0.2) is 5.69 Å². The fraction of sp³-hybridized carbons (Fsp3) is 0.300. The van der Waals surface area contributed by atoms with Gasteiger partial charge in [0.1, 0.15) is 0 Å². The van der Waals surface area contributed by atoms with Crippen molar-refractivity contribution >= 4 is 17.5 Å². The number of aromatic nitrogens is 3. The number of carbonyl (C=O) groups is 1. The summed E-state index contributed by atoms with van der Waals surface area (Å²) in [4.78, 5) is 26.2. The second kappa shape index (κ2) is 9.56. The molecular weight excluding hydrogens is 415 g/mol. The molecule has 0 bridgehead atoms. The van der Waals surface area contributed by atoms with Crippen molar-refractivity contribution in [1.29, 1.82) is 0 Å². The van der Waals surface area contributed by atoms with Gasteiger partial charge in [-0.2, -0.15) is 13.2 Å². The lowest BCUT2D eigenvalue weighted by molar-refractivity contribution is -0.153. The summed E-state index contributed by atoms with van der Waals surface area (Å²) in [5.41, 5.74) is -0.441. The molecule has 1 amide bonds. The minimum atomic E-state index is -4.89. The third-order valence-corrected chi connectivity index (χ3v) is 4.13. The van der Waals surface area contributed by atoms with E-state index in [1.165, 1.54) is 24.5 Å². The molecule has 2 heterocycles. The third-order valence-electron chi connectivity index (χ3n) is 4.13. The summed E-state index contributed by atoms with van der Waals surface area (Å²) in [6.07, 6.45) is -2.30. The molecule has 0 atom stereocenters. The Morgan fingerprint density at radius 1 is 1.19 bits per heavy atom. The Labute approximate surface area is 176 Å². The molecule has 0 aliphatic rings. The zero-order valence-electron chi connectivity index (χ0n) is 16.8. The van der Waals surface area contributed by atoms with Gasteiger partial charge in [0.25, 0.3) is 5.91 Å². The van der Waals surface area contributed by atoms with Gasteiger partial charge in [0.05, 0.1) is 24.7 Å². The molecule has 0 saturated heterocycles. The van der Waals surface area contributed by atoms with E-state index in [-0.39, 0.29) is 11.6 Å². The van der Waals surface area contributed by atoms with E-state index in [0.717, 1.165) is 0 Å². The fourth-order valence-corrected chi connectivity index (χ4v) is 2.59. The third kappa shape index (κ3) is 5.57. The number of hydrogen-bond donors (Lipinski definition) is 1. The number of likely N-dealkylation sites (N-methyl/N-ethyl adjacent to an activating group) is 1. The van der Waals surface area contributed by atoms with Crippen molar-refractivity contribution in [2.75, 3.05) is 37.0 Å². The number of rotatable bonds is 8. The normalized spacial score (nSPS) is 11.4. The lowest BCUT2D eigenvalue weighted by Crippen LogP contribution is -2.24. The highest BCUT2D eigenvalue weighted by atomic mass is 19.4. The summed E-state index contributed by atoms with van der Waals surface area (Å²) in [7, 11) is 1.77. The Morgan fingerprint density at radius 3 is 2.48 bits per heavy atom. The summed E-state index contributed by atoms with van der Waals surface area (Å²) < 4.78 is 50.3. The van der Waals surface area contributed by atoms with Crippen molar-refractivity contribution in [2.24, 2.45) is 0 Å². The monoisotopic (exact) mass is 435 g/mol. The molecule has 0 aliphatic carbocycles. The van der Waals surface area contributed by atoms with E-state index < -0.39 is 23.5 Å². The number of ether oxygens (including phenoxy) is 1. The molecule has 11 heteroatoms. The van der Waals surface area contributed by atoms with E-state index in [1.54, 1.807) is 30.1 Å². The first-order valence-corrected chi connectivity index (χ1v) is 9.35. The number of halogens is 3. The van der Waals surface area contributed by atoms with Gasteiger partial charge in [-0.15, -0.1) is 0 Å². The summed E-state index contributed by atoms with van der Waals surface area (Å²) in [6.45, 7) is 3.52. The highest BCUT2D eigenvalue weighted by Crippen LogP contribution is 2.35. The number of benzene rings is 1. The van der Waals surface area contributed by atoms with Crippen LogP contribution in [0.2, 0.25) is 0 Å². The molecule has 0 spiro atoms. The molecular formula is C20H20F3N5O3. The van der Waals surface area contributed by atoms with E-state index in [1.807, 2.05) is 6.92 Å². The van der Waals surface area contributed by atoms with Crippen molar-refractivity contribution in [2.45, 2.75) is 13.1 Å². The average molecular weight is 435 g/mol. The molecule has 0 radical (unpaired) electrons. The first kappa shape index (κ1) is 22.2. The van der Waals surface area contributed by atoms with Crippen LogP contribution in [0.5, 0.6) is 0 Å². The maximum Gasteiger partial charge on any atom is 0.452 e. The van der Waals surface area contributed by atoms with Crippen molar-refractivity contribution in [1.82, 2.24) is 15.0 Å². The number of anilines is 2. The van der Waals surface area contributed by atoms with Crippen molar-refractivity contribution in [3.8, 4) is 11.5 Å². The second-order valence-corrected chi connectivity index (χ2v) is 6.40. The number of carbonyl (C=O) groups excluding carboxylic acids is 1. The number of oxazole rings is 1. The van der Waals surface area contributed by atoms with Gasteiger partial charge in [-0.3, -0.25) is 4.79 Å². The first-order chi connectivity index (χ1) is 14.8. The molecule has 3 aromatic rings. The van der Waals surface area contributed by atoms with Gasteiger partial charge in [0.2, 0.25) is 17.6 Å². The lowest BCUT2D eigenvalue weighted by Gasteiger charge is -2.16. The topological polar surface area (TPSA) is 93.4 Å². The SMILES string of the molecule is CCOCCN(C)c1ncc(NC(=O)c2nc(-c3ccccc3)oc2C(F)(F)F)cn1. The smallest absolute Gasteiger partial charge is 0.431 e. The van der Waals surface area contributed by atoms with Crippen LogP contribution in [0.4, 0.5) is 24.8 Å².